The second-order valence-electron chi connectivity index (χ2n) is 6.96. The number of nitrogens with one attached hydrogen (secondary N) is 2. The first kappa shape index (κ1) is 22.5. The molecule has 1 aromatic carbocycles. The van der Waals surface area contributed by atoms with Crippen LogP contribution < -0.4 is 15.4 Å². The lowest BCUT2D eigenvalue weighted by atomic mass is 10.2. The number of carbonyl (C=O) groups excluding carboxylic acids is 3. The van der Waals surface area contributed by atoms with E-state index in [0.717, 1.165) is 11.4 Å². The zero-order chi connectivity index (χ0) is 23.3. The van der Waals surface area contributed by atoms with Crippen LogP contribution in [-0.2, 0) is 14.3 Å². The highest BCUT2D eigenvalue weighted by molar-refractivity contribution is 5.97. The van der Waals surface area contributed by atoms with Crippen LogP contribution in [0.5, 0.6) is 5.75 Å². The highest BCUT2D eigenvalue weighted by Gasteiger charge is 2.14. The van der Waals surface area contributed by atoms with Gasteiger partial charge >= 0.3 is 5.97 Å². The Balaban J connectivity index is 1.61. The molecule has 0 aliphatic rings. The molecule has 3 aromatic rings. The number of pyridine rings is 1. The number of hydrogen-bond acceptors (Lipinski definition) is 7. The van der Waals surface area contributed by atoms with Crippen molar-refractivity contribution in [3.63, 3.8) is 0 Å². The van der Waals surface area contributed by atoms with Gasteiger partial charge in [-0.25, -0.2) is 14.5 Å². The number of rotatable bonds is 7. The van der Waals surface area contributed by atoms with Crippen LogP contribution in [0.4, 0.5) is 11.4 Å². The van der Waals surface area contributed by atoms with E-state index in [1.54, 1.807) is 35.0 Å². The van der Waals surface area contributed by atoms with Gasteiger partial charge in [0.2, 0.25) is 5.91 Å². The van der Waals surface area contributed by atoms with E-state index in [2.05, 4.69) is 20.7 Å². The average molecular weight is 437 g/mol. The quantitative estimate of drug-likeness (QED) is 0.545. The van der Waals surface area contributed by atoms with E-state index >= 15 is 0 Å². The third-order valence-corrected chi connectivity index (χ3v) is 4.34. The summed E-state index contributed by atoms with van der Waals surface area (Å²) in [6, 6.07) is 9.90. The van der Waals surface area contributed by atoms with Gasteiger partial charge in [-0.1, -0.05) is 0 Å². The van der Waals surface area contributed by atoms with Gasteiger partial charge in [0.1, 0.15) is 5.75 Å². The molecule has 166 valence electrons. The van der Waals surface area contributed by atoms with E-state index in [0.29, 0.717) is 22.9 Å². The van der Waals surface area contributed by atoms with Crippen LogP contribution in [0.15, 0.2) is 42.6 Å². The van der Waals surface area contributed by atoms with E-state index in [9.17, 15) is 14.4 Å². The van der Waals surface area contributed by atoms with Crippen molar-refractivity contribution in [3.8, 4) is 11.6 Å². The van der Waals surface area contributed by atoms with Gasteiger partial charge in [0.15, 0.2) is 12.4 Å². The van der Waals surface area contributed by atoms with Crippen molar-refractivity contribution in [2.45, 2.75) is 20.8 Å². The second-order valence-corrected chi connectivity index (χ2v) is 6.96. The van der Waals surface area contributed by atoms with Crippen molar-refractivity contribution in [1.29, 1.82) is 0 Å². The Morgan fingerprint density at radius 3 is 2.44 bits per heavy atom. The number of aryl methyl sites for hydroxylation is 2. The first-order valence-corrected chi connectivity index (χ1v) is 9.69. The zero-order valence-corrected chi connectivity index (χ0v) is 18.1. The predicted octanol–water partition coefficient (Wildman–Crippen LogP) is 2.65. The summed E-state index contributed by atoms with van der Waals surface area (Å²) in [7, 11) is 1.45. The smallest absolute Gasteiger partial charge is 0.340 e. The molecule has 10 heteroatoms. The Bertz CT molecular complexity index is 1150. The fraction of sp³-hybridized carbons (Fsp3) is 0.227. The lowest BCUT2D eigenvalue weighted by molar-refractivity contribution is -0.119. The van der Waals surface area contributed by atoms with Crippen LogP contribution >= 0.6 is 0 Å². The number of esters is 1. The van der Waals surface area contributed by atoms with Crippen LogP contribution in [0.25, 0.3) is 5.82 Å². The van der Waals surface area contributed by atoms with E-state index in [1.807, 2.05) is 19.9 Å². The topological polar surface area (TPSA) is 124 Å². The van der Waals surface area contributed by atoms with Crippen molar-refractivity contribution in [3.05, 3.63) is 59.5 Å². The molecule has 0 aliphatic heterocycles. The molecule has 0 aliphatic carbocycles. The molecule has 2 N–H and O–H groups in total. The molecule has 2 aromatic heterocycles. The lowest BCUT2D eigenvalue weighted by Gasteiger charge is -2.12. The summed E-state index contributed by atoms with van der Waals surface area (Å²) in [5.74, 6) is -0.548. The summed E-state index contributed by atoms with van der Waals surface area (Å²) in [5.41, 5.74) is 2.79. The Morgan fingerprint density at radius 1 is 1.06 bits per heavy atom. The molecule has 2 heterocycles. The van der Waals surface area contributed by atoms with Crippen molar-refractivity contribution in [1.82, 2.24) is 14.8 Å². The first-order valence-electron chi connectivity index (χ1n) is 9.69. The molecule has 0 atom stereocenters. The van der Waals surface area contributed by atoms with Gasteiger partial charge < -0.3 is 20.1 Å². The summed E-state index contributed by atoms with van der Waals surface area (Å²) in [5, 5.41) is 9.56. The standard InChI is InChI=1S/C22H23N5O5/c1-13-9-14(2)27(26-13)20-8-5-16(11-23-20)22(30)32-12-21(29)25-18-10-17(24-15(3)28)6-7-19(18)31-4/h5-11H,12H2,1-4H3,(H,24,28)(H,25,29). The van der Waals surface area contributed by atoms with Gasteiger partial charge in [0.05, 0.1) is 24.1 Å². The predicted molar refractivity (Wildman–Crippen MR) is 117 cm³/mol. The fourth-order valence-corrected chi connectivity index (χ4v) is 2.98. The van der Waals surface area contributed by atoms with Crippen molar-refractivity contribution in [2.75, 3.05) is 24.4 Å². The number of ether oxygens (including phenoxy) is 2. The molecule has 0 saturated heterocycles. The van der Waals surface area contributed by atoms with Crippen LogP contribution in [0, 0.1) is 13.8 Å². The maximum Gasteiger partial charge on any atom is 0.340 e. The molecular formula is C22H23N5O5. The van der Waals surface area contributed by atoms with Gasteiger partial charge in [0, 0.05) is 24.5 Å². The molecule has 0 unspecified atom stereocenters. The highest BCUT2D eigenvalue weighted by Crippen LogP contribution is 2.27. The van der Waals surface area contributed by atoms with E-state index in [-0.39, 0.29) is 11.5 Å². The second kappa shape index (κ2) is 9.73. The monoisotopic (exact) mass is 437 g/mol. The number of aromatic nitrogens is 3. The maximum absolute atomic E-state index is 12.3. The van der Waals surface area contributed by atoms with Crippen molar-refractivity contribution in [2.24, 2.45) is 0 Å². The molecule has 32 heavy (non-hydrogen) atoms. The van der Waals surface area contributed by atoms with Crippen LogP contribution in [0.3, 0.4) is 0 Å². The molecular weight excluding hydrogens is 414 g/mol. The lowest BCUT2D eigenvalue weighted by Crippen LogP contribution is -2.21. The SMILES string of the molecule is COc1ccc(NC(C)=O)cc1NC(=O)COC(=O)c1ccc(-n2nc(C)cc2C)nc1. The van der Waals surface area contributed by atoms with Crippen LogP contribution in [-0.4, -0.2) is 46.3 Å². The number of amides is 2. The van der Waals surface area contributed by atoms with Gasteiger partial charge in [-0.15, -0.1) is 0 Å². The summed E-state index contributed by atoms with van der Waals surface area (Å²) in [6.45, 7) is 4.65. The van der Waals surface area contributed by atoms with Crippen LogP contribution in [0.1, 0.15) is 28.7 Å². The number of methoxy groups -OCH3 is 1. The number of benzene rings is 1. The first-order chi connectivity index (χ1) is 15.3. The third kappa shape index (κ3) is 5.48. The normalized spacial score (nSPS) is 10.4. The Hall–Kier alpha value is -4.21. The minimum absolute atomic E-state index is 0.202. The molecule has 10 nitrogen and oxygen atoms in total. The average Bonchev–Trinajstić information content (AvgIpc) is 3.10. The van der Waals surface area contributed by atoms with Gasteiger partial charge in [-0.3, -0.25) is 9.59 Å². The van der Waals surface area contributed by atoms with Crippen LogP contribution in [0.2, 0.25) is 0 Å². The summed E-state index contributed by atoms with van der Waals surface area (Å²) < 4.78 is 12.0. The Labute approximate surface area is 184 Å². The van der Waals surface area contributed by atoms with E-state index in [4.69, 9.17) is 9.47 Å². The third-order valence-electron chi connectivity index (χ3n) is 4.34. The molecule has 0 saturated carbocycles. The number of carbonyl (C=O) groups is 3. The summed E-state index contributed by atoms with van der Waals surface area (Å²) >= 11 is 0. The molecule has 2 amide bonds. The minimum atomic E-state index is -0.688. The van der Waals surface area contributed by atoms with Gasteiger partial charge in [-0.05, 0) is 50.2 Å². The summed E-state index contributed by atoms with van der Waals surface area (Å²) in [6.07, 6.45) is 1.37. The van der Waals surface area contributed by atoms with Gasteiger partial charge in [-0.2, -0.15) is 5.10 Å². The molecule has 0 radical (unpaired) electrons. The summed E-state index contributed by atoms with van der Waals surface area (Å²) in [4.78, 5) is 40.0. The Morgan fingerprint density at radius 2 is 1.84 bits per heavy atom. The van der Waals surface area contributed by atoms with E-state index in [1.165, 1.54) is 20.2 Å². The fourth-order valence-electron chi connectivity index (χ4n) is 2.98. The maximum atomic E-state index is 12.3. The zero-order valence-electron chi connectivity index (χ0n) is 18.1. The molecule has 0 fully saturated rings. The Kier molecular flexibility index (Phi) is 6.83. The molecule has 3 rings (SSSR count). The molecule has 0 bridgehead atoms. The molecule has 0 spiro atoms. The minimum Gasteiger partial charge on any atom is -0.495 e. The van der Waals surface area contributed by atoms with Gasteiger partial charge in [0.25, 0.3) is 5.91 Å². The number of anilines is 2. The van der Waals surface area contributed by atoms with Crippen molar-refractivity contribution >= 4 is 29.2 Å². The highest BCUT2D eigenvalue weighted by atomic mass is 16.5. The number of nitrogens with zero attached hydrogens (tertiary/aromatic N) is 3. The largest absolute Gasteiger partial charge is 0.495 e. The van der Waals surface area contributed by atoms with E-state index < -0.39 is 18.5 Å². The number of hydrogen-bond donors (Lipinski definition) is 2. The van der Waals surface area contributed by atoms with Crippen molar-refractivity contribution < 1.29 is 23.9 Å².